The van der Waals surface area contributed by atoms with Crippen molar-refractivity contribution in [2.45, 2.75) is 39.5 Å². The van der Waals surface area contributed by atoms with Crippen molar-refractivity contribution in [1.29, 1.82) is 0 Å². The first-order valence-electron chi connectivity index (χ1n) is 5.09. The van der Waals surface area contributed by atoms with Crippen molar-refractivity contribution in [3.63, 3.8) is 0 Å². The molecule has 16 heavy (non-hydrogen) atoms. The van der Waals surface area contributed by atoms with Crippen molar-refractivity contribution in [3.05, 3.63) is 11.6 Å². The zero-order chi connectivity index (χ0) is 12.3. The first-order valence-corrected chi connectivity index (χ1v) is 5.09. The van der Waals surface area contributed by atoms with E-state index >= 15 is 0 Å². The molecule has 0 spiro atoms. The van der Waals surface area contributed by atoms with Gasteiger partial charge in [-0.1, -0.05) is 5.57 Å². The predicted octanol–water partition coefficient (Wildman–Crippen LogP) is 1.68. The number of amides is 1. The van der Waals surface area contributed by atoms with Crippen LogP contribution in [0.15, 0.2) is 11.6 Å². The Hall–Kier alpha value is -1.52. The highest BCUT2D eigenvalue weighted by Crippen LogP contribution is 2.20. The summed E-state index contributed by atoms with van der Waals surface area (Å²) >= 11 is 0. The van der Waals surface area contributed by atoms with Crippen molar-refractivity contribution < 1.29 is 19.1 Å². The summed E-state index contributed by atoms with van der Waals surface area (Å²) in [7, 11) is 0. The van der Waals surface area contributed by atoms with Crippen molar-refractivity contribution in [3.8, 4) is 0 Å². The maximum absolute atomic E-state index is 11.8. The van der Waals surface area contributed by atoms with E-state index in [0.29, 0.717) is 13.0 Å². The predicted molar refractivity (Wildman–Crippen MR) is 57.6 cm³/mol. The second-order valence-electron chi connectivity index (χ2n) is 4.74. The Morgan fingerprint density at radius 2 is 2.19 bits per heavy atom. The Bertz CT molecular complexity index is 316. The molecule has 5 heteroatoms. The van der Waals surface area contributed by atoms with Crippen LogP contribution in [0.5, 0.6) is 0 Å². The maximum Gasteiger partial charge on any atom is 0.413 e. The summed E-state index contributed by atoms with van der Waals surface area (Å²) in [5.74, 6) is 0. The molecule has 0 saturated carbocycles. The molecule has 0 N–H and O–H groups in total. The number of ether oxygens (including phenoxy) is 2. The number of hydrogen-bond donors (Lipinski definition) is 0. The quantitative estimate of drug-likeness (QED) is 0.532. The van der Waals surface area contributed by atoms with E-state index in [1.165, 1.54) is 4.90 Å². The van der Waals surface area contributed by atoms with E-state index in [2.05, 4.69) is 0 Å². The maximum atomic E-state index is 11.8. The third-order valence-corrected chi connectivity index (χ3v) is 1.98. The van der Waals surface area contributed by atoms with Gasteiger partial charge in [-0.2, -0.15) is 0 Å². The van der Waals surface area contributed by atoms with E-state index in [1.54, 1.807) is 26.8 Å². The van der Waals surface area contributed by atoms with Crippen LogP contribution in [0.1, 0.15) is 27.7 Å². The van der Waals surface area contributed by atoms with Crippen LogP contribution in [0.3, 0.4) is 0 Å². The molecule has 0 aromatic heterocycles. The standard InChI is InChI=1S/C11H17NO4/c1-8-5-9(15-7-13)12(6-8)10(14)16-11(2,3)4/h5,7,9H,6H2,1-4H3/t9-/m1/s1. The molecule has 1 aliphatic heterocycles. The Morgan fingerprint density at radius 3 is 2.69 bits per heavy atom. The Labute approximate surface area is 95.0 Å². The van der Waals surface area contributed by atoms with Gasteiger partial charge in [0.2, 0.25) is 0 Å². The van der Waals surface area contributed by atoms with Gasteiger partial charge in [-0.25, -0.2) is 4.79 Å². The number of nitrogens with zero attached hydrogens (tertiary/aromatic N) is 1. The Kier molecular flexibility index (Phi) is 3.57. The fourth-order valence-corrected chi connectivity index (χ4v) is 1.40. The van der Waals surface area contributed by atoms with Gasteiger partial charge in [0.15, 0.2) is 6.23 Å². The summed E-state index contributed by atoms with van der Waals surface area (Å²) in [5, 5.41) is 0. The van der Waals surface area contributed by atoms with Crippen LogP contribution in [0.2, 0.25) is 0 Å². The van der Waals surface area contributed by atoms with Crippen molar-refractivity contribution >= 4 is 12.6 Å². The molecular formula is C11H17NO4. The lowest BCUT2D eigenvalue weighted by Crippen LogP contribution is -2.41. The number of carbonyl (C=O) groups excluding carboxylic acids is 2. The van der Waals surface area contributed by atoms with Crippen molar-refractivity contribution in [2.75, 3.05) is 6.54 Å². The van der Waals surface area contributed by atoms with Gasteiger partial charge in [0.25, 0.3) is 6.47 Å². The molecule has 1 heterocycles. The SMILES string of the molecule is CC1=C[C@@H](OC=O)N(C(=O)OC(C)(C)C)C1. The molecule has 0 aromatic rings. The van der Waals surface area contributed by atoms with E-state index in [4.69, 9.17) is 9.47 Å². The lowest BCUT2D eigenvalue weighted by Gasteiger charge is -2.27. The molecule has 5 nitrogen and oxygen atoms in total. The molecule has 1 rings (SSSR count). The van der Waals surface area contributed by atoms with Gasteiger partial charge < -0.3 is 9.47 Å². The molecular weight excluding hydrogens is 210 g/mol. The first-order chi connectivity index (χ1) is 7.33. The molecule has 0 unspecified atom stereocenters. The van der Waals surface area contributed by atoms with Crippen LogP contribution < -0.4 is 0 Å². The third-order valence-electron chi connectivity index (χ3n) is 1.98. The van der Waals surface area contributed by atoms with Gasteiger partial charge >= 0.3 is 6.09 Å². The fourth-order valence-electron chi connectivity index (χ4n) is 1.40. The highest BCUT2D eigenvalue weighted by molar-refractivity contribution is 5.70. The minimum Gasteiger partial charge on any atom is -0.444 e. The molecule has 0 aromatic carbocycles. The van der Waals surface area contributed by atoms with E-state index in [0.717, 1.165) is 5.57 Å². The summed E-state index contributed by atoms with van der Waals surface area (Å²) in [5.41, 5.74) is 0.414. The van der Waals surface area contributed by atoms with Gasteiger partial charge in [0, 0.05) is 6.54 Å². The molecule has 1 amide bonds. The molecule has 1 atom stereocenters. The average Bonchev–Trinajstić information content (AvgIpc) is 2.44. The lowest BCUT2D eigenvalue weighted by molar-refractivity contribution is -0.137. The van der Waals surface area contributed by atoms with Crippen LogP contribution in [0.25, 0.3) is 0 Å². The Morgan fingerprint density at radius 1 is 1.56 bits per heavy atom. The minimum atomic E-state index is -0.646. The van der Waals surface area contributed by atoms with E-state index in [-0.39, 0.29) is 0 Å². The first kappa shape index (κ1) is 12.5. The van der Waals surface area contributed by atoms with E-state index < -0.39 is 17.9 Å². The van der Waals surface area contributed by atoms with Crippen LogP contribution in [-0.4, -0.2) is 35.8 Å². The van der Waals surface area contributed by atoms with Gasteiger partial charge in [-0.15, -0.1) is 0 Å². The number of hydrogen-bond acceptors (Lipinski definition) is 4. The normalized spacial score (nSPS) is 20.4. The molecule has 0 saturated heterocycles. The second-order valence-corrected chi connectivity index (χ2v) is 4.74. The van der Waals surface area contributed by atoms with Crippen molar-refractivity contribution in [2.24, 2.45) is 0 Å². The number of rotatable bonds is 2. The van der Waals surface area contributed by atoms with Crippen LogP contribution in [-0.2, 0) is 14.3 Å². The topological polar surface area (TPSA) is 55.8 Å². The zero-order valence-electron chi connectivity index (χ0n) is 10.0. The monoisotopic (exact) mass is 227 g/mol. The Balaban J connectivity index is 2.66. The molecule has 0 fully saturated rings. The molecule has 0 aliphatic carbocycles. The second kappa shape index (κ2) is 4.55. The highest BCUT2D eigenvalue weighted by Gasteiger charge is 2.32. The molecule has 0 bridgehead atoms. The number of carbonyl (C=O) groups is 2. The zero-order valence-corrected chi connectivity index (χ0v) is 10.0. The highest BCUT2D eigenvalue weighted by atomic mass is 16.6. The van der Waals surface area contributed by atoms with E-state index in [9.17, 15) is 9.59 Å². The minimum absolute atomic E-state index is 0.330. The summed E-state index contributed by atoms with van der Waals surface area (Å²) in [6, 6.07) is 0. The summed E-state index contributed by atoms with van der Waals surface area (Å²) in [6.45, 7) is 7.99. The van der Waals surface area contributed by atoms with Crippen molar-refractivity contribution in [1.82, 2.24) is 4.90 Å². The molecule has 0 radical (unpaired) electrons. The summed E-state index contributed by atoms with van der Waals surface area (Å²) in [6.07, 6.45) is 0.595. The fraction of sp³-hybridized carbons (Fsp3) is 0.636. The summed E-state index contributed by atoms with van der Waals surface area (Å²) < 4.78 is 9.99. The third kappa shape index (κ3) is 3.25. The smallest absolute Gasteiger partial charge is 0.413 e. The van der Waals surface area contributed by atoms with Gasteiger partial charge in [0.05, 0.1) is 0 Å². The van der Waals surface area contributed by atoms with E-state index in [1.807, 2.05) is 6.92 Å². The van der Waals surface area contributed by atoms with Crippen LogP contribution >= 0.6 is 0 Å². The van der Waals surface area contributed by atoms with Crippen LogP contribution in [0.4, 0.5) is 4.79 Å². The molecule has 90 valence electrons. The average molecular weight is 227 g/mol. The van der Waals surface area contributed by atoms with Gasteiger partial charge in [0.1, 0.15) is 5.60 Å². The van der Waals surface area contributed by atoms with Gasteiger partial charge in [-0.3, -0.25) is 9.69 Å². The summed E-state index contributed by atoms with van der Waals surface area (Å²) in [4.78, 5) is 23.4. The van der Waals surface area contributed by atoms with Gasteiger partial charge in [-0.05, 0) is 33.8 Å². The molecule has 1 aliphatic rings. The lowest BCUT2D eigenvalue weighted by atomic mass is 10.2. The van der Waals surface area contributed by atoms with Crippen LogP contribution in [0, 0.1) is 0 Å². The largest absolute Gasteiger partial charge is 0.444 e.